The molecule has 0 aliphatic carbocycles. The summed E-state index contributed by atoms with van der Waals surface area (Å²) in [6.07, 6.45) is -0.413. The molecule has 1 fully saturated rings. The minimum absolute atomic E-state index is 0.0656. The highest BCUT2D eigenvalue weighted by molar-refractivity contribution is 7.89. The molecule has 3 rings (SSSR count). The molecule has 0 spiro atoms. The number of benzene rings is 2. The Morgan fingerprint density at radius 2 is 1.67 bits per heavy atom. The van der Waals surface area contributed by atoms with Crippen molar-refractivity contribution in [2.24, 2.45) is 0 Å². The van der Waals surface area contributed by atoms with Crippen LogP contribution in [0.1, 0.15) is 16.7 Å². The minimum atomic E-state index is -3.62. The lowest BCUT2D eigenvalue weighted by Gasteiger charge is -2.33. The summed E-state index contributed by atoms with van der Waals surface area (Å²) in [5, 5.41) is 0. The summed E-state index contributed by atoms with van der Waals surface area (Å²) in [6.45, 7) is 6.20. The Bertz CT molecular complexity index is 919. The smallest absolute Gasteiger partial charge is 0.253 e. The van der Waals surface area contributed by atoms with Gasteiger partial charge in [0.1, 0.15) is 6.61 Å². The molecular formula is C20H24N2O4S. The number of anilines is 1. The molecule has 1 aliphatic heterocycles. The van der Waals surface area contributed by atoms with Crippen LogP contribution >= 0.6 is 0 Å². The van der Waals surface area contributed by atoms with E-state index in [0.717, 1.165) is 22.4 Å². The SMILES string of the molecule is Cc1ccc(S(=O)(=O)NCC2CN(c3cc(C)cc(C)c3)C(=O)CO2)cc1. The Hall–Kier alpha value is -2.22. The maximum atomic E-state index is 12.4. The molecule has 144 valence electrons. The number of carbonyl (C=O) groups is 1. The molecular weight excluding hydrogens is 364 g/mol. The number of rotatable bonds is 5. The molecule has 1 unspecified atom stereocenters. The molecule has 0 radical (unpaired) electrons. The van der Waals surface area contributed by atoms with Gasteiger partial charge in [-0.15, -0.1) is 0 Å². The van der Waals surface area contributed by atoms with Crippen molar-refractivity contribution in [3.63, 3.8) is 0 Å². The van der Waals surface area contributed by atoms with Gasteiger partial charge < -0.3 is 9.64 Å². The maximum absolute atomic E-state index is 12.4. The van der Waals surface area contributed by atoms with E-state index in [9.17, 15) is 13.2 Å². The third-order valence-corrected chi connectivity index (χ3v) is 5.92. The van der Waals surface area contributed by atoms with Crippen LogP contribution in [-0.4, -0.2) is 40.1 Å². The quantitative estimate of drug-likeness (QED) is 0.853. The van der Waals surface area contributed by atoms with Crippen LogP contribution in [0.5, 0.6) is 0 Å². The predicted octanol–water partition coefficient (Wildman–Crippen LogP) is 2.32. The first kappa shape index (κ1) is 19.5. The number of hydrogen-bond donors (Lipinski definition) is 1. The summed E-state index contributed by atoms with van der Waals surface area (Å²) in [7, 11) is -3.62. The van der Waals surface area contributed by atoms with E-state index in [1.165, 1.54) is 0 Å². The first-order valence-electron chi connectivity index (χ1n) is 8.81. The van der Waals surface area contributed by atoms with E-state index in [1.807, 2.05) is 39.0 Å². The highest BCUT2D eigenvalue weighted by Gasteiger charge is 2.28. The number of nitrogens with one attached hydrogen (secondary N) is 1. The Morgan fingerprint density at radius 3 is 2.30 bits per heavy atom. The topological polar surface area (TPSA) is 75.7 Å². The highest BCUT2D eigenvalue weighted by atomic mass is 32.2. The number of hydrogen-bond acceptors (Lipinski definition) is 4. The number of nitrogens with zero attached hydrogens (tertiary/aromatic N) is 1. The second kappa shape index (κ2) is 7.80. The van der Waals surface area contributed by atoms with E-state index in [-0.39, 0.29) is 24.0 Å². The molecule has 0 aromatic heterocycles. The predicted molar refractivity (Wildman–Crippen MR) is 104 cm³/mol. The van der Waals surface area contributed by atoms with E-state index >= 15 is 0 Å². The summed E-state index contributed by atoms with van der Waals surface area (Å²) >= 11 is 0. The summed E-state index contributed by atoms with van der Waals surface area (Å²) in [6, 6.07) is 12.6. The molecule has 0 saturated carbocycles. The lowest BCUT2D eigenvalue weighted by molar-refractivity contribution is -0.129. The molecule has 27 heavy (non-hydrogen) atoms. The van der Waals surface area contributed by atoms with Crippen molar-refractivity contribution in [3.05, 3.63) is 59.2 Å². The van der Waals surface area contributed by atoms with Crippen molar-refractivity contribution < 1.29 is 17.9 Å². The second-order valence-electron chi connectivity index (χ2n) is 6.95. The van der Waals surface area contributed by atoms with Crippen LogP contribution in [0, 0.1) is 20.8 Å². The molecule has 2 aromatic carbocycles. The highest BCUT2D eigenvalue weighted by Crippen LogP contribution is 2.22. The van der Waals surface area contributed by atoms with E-state index < -0.39 is 16.1 Å². The number of ether oxygens (including phenoxy) is 1. The summed E-state index contributed by atoms with van der Waals surface area (Å²) in [5.74, 6) is -0.127. The Morgan fingerprint density at radius 1 is 1.04 bits per heavy atom. The van der Waals surface area contributed by atoms with Crippen LogP contribution in [0.15, 0.2) is 47.4 Å². The van der Waals surface area contributed by atoms with Gasteiger partial charge in [0.2, 0.25) is 10.0 Å². The van der Waals surface area contributed by atoms with Crippen LogP contribution < -0.4 is 9.62 Å². The molecule has 6 nitrogen and oxygen atoms in total. The number of aryl methyl sites for hydroxylation is 3. The van der Waals surface area contributed by atoms with E-state index in [2.05, 4.69) is 4.72 Å². The zero-order chi connectivity index (χ0) is 19.6. The Balaban J connectivity index is 1.69. The van der Waals surface area contributed by atoms with Crippen molar-refractivity contribution in [2.45, 2.75) is 31.8 Å². The molecule has 7 heteroatoms. The monoisotopic (exact) mass is 388 g/mol. The van der Waals surface area contributed by atoms with Crippen molar-refractivity contribution in [1.82, 2.24) is 4.72 Å². The fourth-order valence-electron chi connectivity index (χ4n) is 3.11. The molecule has 1 heterocycles. The first-order chi connectivity index (χ1) is 12.7. The Labute approximate surface area is 160 Å². The number of carbonyl (C=O) groups excluding carboxylic acids is 1. The molecule has 2 aromatic rings. The van der Waals surface area contributed by atoms with Gasteiger partial charge in [-0.1, -0.05) is 23.8 Å². The fraction of sp³-hybridized carbons (Fsp3) is 0.350. The number of sulfonamides is 1. The van der Waals surface area contributed by atoms with Crippen molar-refractivity contribution in [2.75, 3.05) is 24.6 Å². The van der Waals surface area contributed by atoms with Crippen LogP contribution in [-0.2, 0) is 19.6 Å². The lowest BCUT2D eigenvalue weighted by Crippen LogP contribution is -2.50. The average molecular weight is 388 g/mol. The Kier molecular flexibility index (Phi) is 5.64. The lowest BCUT2D eigenvalue weighted by atomic mass is 10.1. The minimum Gasteiger partial charge on any atom is -0.365 e. The third kappa shape index (κ3) is 4.74. The molecule has 1 saturated heterocycles. The fourth-order valence-corrected chi connectivity index (χ4v) is 4.17. The zero-order valence-electron chi connectivity index (χ0n) is 15.7. The average Bonchev–Trinajstić information content (AvgIpc) is 2.60. The number of morpholine rings is 1. The van der Waals surface area contributed by atoms with Gasteiger partial charge in [-0.05, 0) is 56.2 Å². The van der Waals surface area contributed by atoms with E-state index in [4.69, 9.17) is 4.74 Å². The van der Waals surface area contributed by atoms with Gasteiger partial charge in [0.05, 0.1) is 17.5 Å². The molecule has 1 atom stereocenters. The normalized spacial score (nSPS) is 18.0. The second-order valence-corrected chi connectivity index (χ2v) is 8.72. The van der Waals surface area contributed by atoms with Gasteiger partial charge >= 0.3 is 0 Å². The van der Waals surface area contributed by atoms with Crippen LogP contribution in [0.4, 0.5) is 5.69 Å². The van der Waals surface area contributed by atoms with Gasteiger partial charge in [-0.2, -0.15) is 0 Å². The third-order valence-electron chi connectivity index (χ3n) is 4.48. The van der Waals surface area contributed by atoms with E-state index in [1.54, 1.807) is 29.2 Å². The summed E-state index contributed by atoms with van der Waals surface area (Å²) in [5.41, 5.74) is 3.95. The number of amides is 1. The van der Waals surface area contributed by atoms with Crippen LogP contribution in [0.3, 0.4) is 0 Å². The maximum Gasteiger partial charge on any atom is 0.253 e. The molecule has 1 amide bonds. The summed E-state index contributed by atoms with van der Waals surface area (Å²) < 4.78 is 33.0. The zero-order valence-corrected chi connectivity index (χ0v) is 16.5. The van der Waals surface area contributed by atoms with Crippen LogP contribution in [0.25, 0.3) is 0 Å². The standard InChI is InChI=1S/C20H24N2O4S/c1-14-4-6-19(7-5-14)27(24,25)21-11-18-12-22(20(23)13-26-18)17-9-15(2)8-16(3)10-17/h4-10,18,21H,11-13H2,1-3H3. The van der Waals surface area contributed by atoms with Crippen molar-refractivity contribution >= 4 is 21.6 Å². The van der Waals surface area contributed by atoms with Gasteiger partial charge in [0.25, 0.3) is 5.91 Å². The molecule has 1 N–H and O–H groups in total. The van der Waals surface area contributed by atoms with Gasteiger partial charge in [-0.3, -0.25) is 4.79 Å². The van der Waals surface area contributed by atoms with Gasteiger partial charge in [0.15, 0.2) is 0 Å². The molecule has 0 bridgehead atoms. The summed E-state index contributed by atoms with van der Waals surface area (Å²) in [4.78, 5) is 14.2. The first-order valence-corrected chi connectivity index (χ1v) is 10.3. The largest absolute Gasteiger partial charge is 0.365 e. The molecule has 1 aliphatic rings. The van der Waals surface area contributed by atoms with Crippen molar-refractivity contribution in [3.8, 4) is 0 Å². The van der Waals surface area contributed by atoms with E-state index in [0.29, 0.717) is 6.54 Å². The van der Waals surface area contributed by atoms with Gasteiger partial charge in [-0.25, -0.2) is 13.1 Å². The van der Waals surface area contributed by atoms with Crippen molar-refractivity contribution in [1.29, 1.82) is 0 Å². The van der Waals surface area contributed by atoms with Gasteiger partial charge in [0, 0.05) is 12.2 Å². The van der Waals surface area contributed by atoms with Crippen LogP contribution in [0.2, 0.25) is 0 Å².